The zero-order valence-corrected chi connectivity index (χ0v) is 15.3. The van der Waals surface area contributed by atoms with E-state index >= 15 is 0 Å². The van der Waals surface area contributed by atoms with Crippen molar-refractivity contribution >= 4 is 5.91 Å². The summed E-state index contributed by atoms with van der Waals surface area (Å²) in [5.74, 6) is -1.50. The second-order valence-electron chi connectivity index (χ2n) is 6.70. The van der Waals surface area contributed by atoms with Crippen molar-refractivity contribution in [3.05, 3.63) is 52.2 Å². The molecule has 1 aliphatic heterocycles. The van der Waals surface area contributed by atoms with Gasteiger partial charge in [0.05, 0.1) is 12.0 Å². The lowest BCUT2D eigenvalue weighted by Crippen LogP contribution is -2.49. The van der Waals surface area contributed by atoms with Crippen molar-refractivity contribution in [2.45, 2.75) is 31.0 Å². The van der Waals surface area contributed by atoms with Crippen LogP contribution in [0.3, 0.4) is 0 Å². The number of carbonyl (C=O) groups excluding carboxylic acids is 1. The summed E-state index contributed by atoms with van der Waals surface area (Å²) in [5, 5.41) is 6.09. The molecule has 1 aliphatic rings. The molecule has 2 heterocycles. The van der Waals surface area contributed by atoms with E-state index in [-0.39, 0.29) is 19.0 Å². The molecule has 28 heavy (non-hydrogen) atoms. The third kappa shape index (κ3) is 3.82. The highest BCUT2D eigenvalue weighted by atomic mass is 19.4. The summed E-state index contributed by atoms with van der Waals surface area (Å²) >= 11 is 0. The average molecular weight is 398 g/mol. The number of alkyl halides is 3. The standard InChI is InChI=1S/C18H21F3N4O3/c1-24-14(18(19,20)21)23-25(16(24)27)10-9-22-15(26)17(7-11-28-12-8-17)13-5-3-2-4-6-13/h2-6H,7-12H2,1H3,(H,22,26). The number of halogens is 3. The Hall–Kier alpha value is -2.62. The van der Waals surface area contributed by atoms with Crippen LogP contribution in [-0.4, -0.2) is 40.0 Å². The van der Waals surface area contributed by atoms with Gasteiger partial charge in [0.1, 0.15) is 0 Å². The SMILES string of the molecule is Cn1c(C(F)(F)F)nn(CCNC(=O)C2(c3ccccc3)CCOCC2)c1=O. The summed E-state index contributed by atoms with van der Waals surface area (Å²) in [5.41, 5.74) is -0.776. The minimum absolute atomic E-state index is 0.0114. The van der Waals surface area contributed by atoms with Gasteiger partial charge in [-0.25, -0.2) is 9.48 Å². The third-order valence-electron chi connectivity index (χ3n) is 5.01. The molecule has 1 N–H and O–H groups in total. The summed E-state index contributed by atoms with van der Waals surface area (Å²) in [6, 6.07) is 9.32. The van der Waals surface area contributed by atoms with E-state index in [4.69, 9.17) is 4.74 Å². The molecule has 0 saturated carbocycles. The maximum Gasteiger partial charge on any atom is 0.451 e. The molecule has 2 aromatic rings. The van der Waals surface area contributed by atoms with Gasteiger partial charge in [-0.1, -0.05) is 30.3 Å². The Kier molecular flexibility index (Phi) is 5.59. The molecule has 1 amide bonds. The van der Waals surface area contributed by atoms with Gasteiger partial charge in [0.15, 0.2) is 0 Å². The number of carbonyl (C=O) groups is 1. The maximum atomic E-state index is 13.0. The smallest absolute Gasteiger partial charge is 0.381 e. The first kappa shape index (κ1) is 20.1. The van der Waals surface area contributed by atoms with E-state index in [0.29, 0.717) is 35.3 Å². The normalized spacial score (nSPS) is 16.7. The molecule has 0 radical (unpaired) electrons. The second-order valence-corrected chi connectivity index (χ2v) is 6.70. The molecule has 1 aromatic heterocycles. The van der Waals surface area contributed by atoms with E-state index in [9.17, 15) is 22.8 Å². The number of nitrogens with zero attached hydrogens (tertiary/aromatic N) is 3. The lowest BCUT2D eigenvalue weighted by atomic mass is 9.73. The van der Waals surface area contributed by atoms with Gasteiger partial charge in [0.25, 0.3) is 0 Å². The Morgan fingerprint density at radius 3 is 2.46 bits per heavy atom. The minimum Gasteiger partial charge on any atom is -0.381 e. The van der Waals surface area contributed by atoms with Crippen LogP contribution in [0.25, 0.3) is 0 Å². The van der Waals surface area contributed by atoms with Gasteiger partial charge in [-0.3, -0.25) is 9.36 Å². The van der Waals surface area contributed by atoms with Crippen molar-refractivity contribution in [2.24, 2.45) is 7.05 Å². The predicted molar refractivity (Wildman–Crippen MR) is 93.7 cm³/mol. The monoisotopic (exact) mass is 398 g/mol. The first-order chi connectivity index (χ1) is 13.3. The molecule has 1 aromatic carbocycles. The molecular formula is C18H21F3N4O3. The molecule has 3 rings (SSSR count). The fourth-order valence-electron chi connectivity index (χ4n) is 3.45. The van der Waals surface area contributed by atoms with Gasteiger partial charge >= 0.3 is 11.9 Å². The Bertz CT molecular complexity index is 884. The van der Waals surface area contributed by atoms with E-state index in [1.165, 1.54) is 0 Å². The van der Waals surface area contributed by atoms with Crippen molar-refractivity contribution < 1.29 is 22.7 Å². The number of amides is 1. The molecule has 10 heteroatoms. The van der Waals surface area contributed by atoms with Gasteiger partial charge in [0, 0.05) is 26.8 Å². The number of ether oxygens (including phenoxy) is 1. The van der Waals surface area contributed by atoms with E-state index in [2.05, 4.69) is 10.4 Å². The Balaban J connectivity index is 1.72. The Labute approximate surface area is 159 Å². The fraction of sp³-hybridized carbons (Fsp3) is 0.500. The van der Waals surface area contributed by atoms with Gasteiger partial charge in [-0.15, -0.1) is 5.10 Å². The number of hydrogen-bond donors (Lipinski definition) is 1. The third-order valence-corrected chi connectivity index (χ3v) is 5.01. The zero-order chi connectivity index (χ0) is 20.4. The second kappa shape index (κ2) is 7.78. The van der Waals surface area contributed by atoms with E-state index < -0.39 is 23.1 Å². The van der Waals surface area contributed by atoms with Crippen molar-refractivity contribution in [3.63, 3.8) is 0 Å². The van der Waals surface area contributed by atoms with Gasteiger partial charge in [-0.05, 0) is 18.4 Å². The van der Waals surface area contributed by atoms with Gasteiger partial charge in [0.2, 0.25) is 11.7 Å². The van der Waals surface area contributed by atoms with Crippen LogP contribution in [0.1, 0.15) is 24.2 Å². The molecule has 0 unspecified atom stereocenters. The molecule has 7 nitrogen and oxygen atoms in total. The number of aromatic nitrogens is 3. The predicted octanol–water partition coefficient (Wildman–Crippen LogP) is 1.47. The van der Waals surface area contributed by atoms with Crippen LogP contribution in [0, 0.1) is 0 Å². The minimum atomic E-state index is -4.72. The number of nitrogens with one attached hydrogen (secondary N) is 1. The topological polar surface area (TPSA) is 78.2 Å². The van der Waals surface area contributed by atoms with E-state index in [1.807, 2.05) is 30.3 Å². The van der Waals surface area contributed by atoms with Crippen LogP contribution in [0.15, 0.2) is 35.1 Å². The fourth-order valence-corrected chi connectivity index (χ4v) is 3.45. The Morgan fingerprint density at radius 2 is 1.89 bits per heavy atom. The summed E-state index contributed by atoms with van der Waals surface area (Å²) in [6.45, 7) is 0.715. The van der Waals surface area contributed by atoms with Gasteiger partial charge < -0.3 is 10.1 Å². The molecule has 0 aliphatic carbocycles. The molecule has 1 fully saturated rings. The molecule has 0 atom stereocenters. The van der Waals surface area contributed by atoms with Crippen LogP contribution < -0.4 is 11.0 Å². The van der Waals surface area contributed by atoms with Crippen molar-refractivity contribution in [1.82, 2.24) is 19.7 Å². The van der Waals surface area contributed by atoms with Crippen LogP contribution >= 0.6 is 0 Å². The van der Waals surface area contributed by atoms with Crippen LogP contribution in [0.2, 0.25) is 0 Å². The number of benzene rings is 1. The molecule has 1 saturated heterocycles. The van der Waals surface area contributed by atoms with Crippen LogP contribution in [0.4, 0.5) is 13.2 Å². The molecule has 152 valence electrons. The average Bonchev–Trinajstić information content (AvgIpc) is 2.98. The van der Waals surface area contributed by atoms with Crippen molar-refractivity contribution in [1.29, 1.82) is 0 Å². The molecular weight excluding hydrogens is 377 g/mol. The highest BCUT2D eigenvalue weighted by molar-refractivity contribution is 5.88. The summed E-state index contributed by atoms with van der Waals surface area (Å²) in [4.78, 5) is 24.9. The lowest BCUT2D eigenvalue weighted by molar-refractivity contribution is -0.147. The number of hydrogen-bond acceptors (Lipinski definition) is 4. The lowest BCUT2D eigenvalue weighted by Gasteiger charge is -2.36. The van der Waals surface area contributed by atoms with Gasteiger partial charge in [-0.2, -0.15) is 13.2 Å². The summed E-state index contributed by atoms with van der Waals surface area (Å²) < 4.78 is 45.1. The quantitative estimate of drug-likeness (QED) is 0.827. The highest BCUT2D eigenvalue weighted by Crippen LogP contribution is 2.35. The highest BCUT2D eigenvalue weighted by Gasteiger charge is 2.41. The van der Waals surface area contributed by atoms with E-state index in [0.717, 1.165) is 12.6 Å². The molecule has 0 bridgehead atoms. The number of rotatable bonds is 5. The zero-order valence-electron chi connectivity index (χ0n) is 15.3. The summed E-state index contributed by atoms with van der Waals surface area (Å²) in [6.07, 6.45) is -3.71. The molecule has 0 spiro atoms. The van der Waals surface area contributed by atoms with Crippen LogP contribution in [-0.2, 0) is 34.7 Å². The van der Waals surface area contributed by atoms with Crippen LogP contribution in [0.5, 0.6) is 0 Å². The van der Waals surface area contributed by atoms with E-state index in [1.54, 1.807) is 0 Å². The van der Waals surface area contributed by atoms with Crippen molar-refractivity contribution in [3.8, 4) is 0 Å². The van der Waals surface area contributed by atoms with Crippen molar-refractivity contribution in [2.75, 3.05) is 19.8 Å². The Morgan fingerprint density at radius 1 is 1.25 bits per heavy atom. The summed E-state index contributed by atoms with van der Waals surface area (Å²) in [7, 11) is 1.01. The first-order valence-corrected chi connectivity index (χ1v) is 8.88. The first-order valence-electron chi connectivity index (χ1n) is 8.88. The largest absolute Gasteiger partial charge is 0.451 e. The maximum absolute atomic E-state index is 13.0.